The van der Waals surface area contributed by atoms with Crippen LogP contribution in [0.25, 0.3) is 0 Å². The van der Waals surface area contributed by atoms with Crippen molar-refractivity contribution in [1.82, 2.24) is 5.32 Å². The Labute approximate surface area is 108 Å². The first-order valence-electron chi connectivity index (χ1n) is 6.98. The van der Waals surface area contributed by atoms with Gasteiger partial charge in [-0.25, -0.2) is 0 Å². The summed E-state index contributed by atoms with van der Waals surface area (Å²) < 4.78 is 10.9. The average Bonchev–Trinajstić information content (AvgIpc) is 2.99. The number of amides is 1. The van der Waals surface area contributed by atoms with Gasteiger partial charge in [0, 0.05) is 31.7 Å². The van der Waals surface area contributed by atoms with Crippen LogP contribution < -0.4 is 11.1 Å². The van der Waals surface area contributed by atoms with Crippen LogP contribution in [0, 0.1) is 5.92 Å². The summed E-state index contributed by atoms with van der Waals surface area (Å²) in [4.78, 5) is 11.8. The second-order valence-electron chi connectivity index (χ2n) is 5.27. The van der Waals surface area contributed by atoms with Crippen LogP contribution in [0.15, 0.2) is 0 Å². The van der Waals surface area contributed by atoms with E-state index < -0.39 is 0 Å². The second kappa shape index (κ2) is 7.07. The normalized spacial score (nSPS) is 31.7. The number of nitrogens with one attached hydrogen (secondary N) is 1. The second-order valence-corrected chi connectivity index (χ2v) is 5.27. The topological polar surface area (TPSA) is 73.6 Å². The third-order valence-electron chi connectivity index (χ3n) is 3.71. The maximum Gasteiger partial charge on any atom is 0.223 e. The van der Waals surface area contributed by atoms with Crippen molar-refractivity contribution < 1.29 is 14.3 Å². The zero-order chi connectivity index (χ0) is 12.8. The van der Waals surface area contributed by atoms with Gasteiger partial charge in [0.25, 0.3) is 0 Å². The fraction of sp³-hybridized carbons (Fsp3) is 0.923. The van der Waals surface area contributed by atoms with Gasteiger partial charge >= 0.3 is 0 Å². The minimum atomic E-state index is 0.129. The van der Waals surface area contributed by atoms with E-state index in [1.54, 1.807) is 0 Å². The van der Waals surface area contributed by atoms with Gasteiger partial charge in [0.15, 0.2) is 0 Å². The molecule has 3 atom stereocenters. The monoisotopic (exact) mass is 256 g/mol. The molecule has 5 heteroatoms. The van der Waals surface area contributed by atoms with E-state index in [2.05, 4.69) is 5.32 Å². The summed E-state index contributed by atoms with van der Waals surface area (Å²) in [5.74, 6) is 0.288. The molecule has 3 N–H and O–H groups in total. The molecular formula is C13H24N2O3. The summed E-state index contributed by atoms with van der Waals surface area (Å²) in [6.07, 6.45) is 4.86. The molecule has 1 heterocycles. The highest BCUT2D eigenvalue weighted by Gasteiger charge is 2.27. The van der Waals surface area contributed by atoms with Gasteiger partial charge < -0.3 is 20.5 Å². The quantitative estimate of drug-likeness (QED) is 0.676. The van der Waals surface area contributed by atoms with E-state index in [0.717, 1.165) is 38.7 Å². The minimum Gasteiger partial charge on any atom is -0.379 e. The van der Waals surface area contributed by atoms with E-state index in [1.807, 2.05) is 0 Å². The maximum absolute atomic E-state index is 11.8. The van der Waals surface area contributed by atoms with Crippen molar-refractivity contribution in [2.24, 2.45) is 11.7 Å². The van der Waals surface area contributed by atoms with E-state index in [9.17, 15) is 4.79 Å². The fourth-order valence-electron chi connectivity index (χ4n) is 2.58. The summed E-state index contributed by atoms with van der Waals surface area (Å²) in [6, 6.07) is 0.214. The summed E-state index contributed by atoms with van der Waals surface area (Å²) in [7, 11) is 0. The first kappa shape index (κ1) is 13.8. The van der Waals surface area contributed by atoms with Crippen LogP contribution >= 0.6 is 0 Å². The zero-order valence-electron chi connectivity index (χ0n) is 10.9. The Morgan fingerprint density at radius 1 is 1.39 bits per heavy atom. The largest absolute Gasteiger partial charge is 0.379 e. The molecule has 1 amide bonds. The predicted molar refractivity (Wildman–Crippen MR) is 68.1 cm³/mol. The van der Waals surface area contributed by atoms with Crippen LogP contribution in [0.4, 0.5) is 0 Å². The van der Waals surface area contributed by atoms with Crippen molar-refractivity contribution in [2.45, 2.75) is 44.2 Å². The lowest BCUT2D eigenvalue weighted by Gasteiger charge is -2.12. The van der Waals surface area contributed by atoms with E-state index in [-0.39, 0.29) is 24.0 Å². The van der Waals surface area contributed by atoms with Gasteiger partial charge in [0.1, 0.15) is 0 Å². The van der Waals surface area contributed by atoms with Crippen molar-refractivity contribution in [1.29, 1.82) is 0 Å². The molecule has 0 spiro atoms. The van der Waals surface area contributed by atoms with Crippen LogP contribution in [-0.2, 0) is 14.3 Å². The summed E-state index contributed by atoms with van der Waals surface area (Å²) >= 11 is 0. The molecule has 2 rings (SSSR count). The zero-order valence-corrected chi connectivity index (χ0v) is 10.9. The molecule has 1 aliphatic carbocycles. The number of hydrogen-bond donors (Lipinski definition) is 2. The fourth-order valence-corrected chi connectivity index (χ4v) is 2.58. The van der Waals surface area contributed by atoms with Crippen molar-refractivity contribution in [3.8, 4) is 0 Å². The molecule has 1 aliphatic heterocycles. The molecule has 3 unspecified atom stereocenters. The molecule has 5 nitrogen and oxygen atoms in total. The first-order chi connectivity index (χ1) is 8.75. The van der Waals surface area contributed by atoms with Gasteiger partial charge in [-0.3, -0.25) is 4.79 Å². The van der Waals surface area contributed by atoms with Crippen molar-refractivity contribution in [2.75, 3.05) is 26.4 Å². The Bertz CT molecular complexity index is 267. The Morgan fingerprint density at radius 2 is 2.28 bits per heavy atom. The lowest BCUT2D eigenvalue weighted by molar-refractivity contribution is -0.124. The molecule has 0 aromatic heterocycles. The highest BCUT2D eigenvalue weighted by molar-refractivity contribution is 5.78. The highest BCUT2D eigenvalue weighted by atomic mass is 16.5. The third-order valence-corrected chi connectivity index (χ3v) is 3.71. The van der Waals surface area contributed by atoms with Gasteiger partial charge in [-0.2, -0.15) is 0 Å². The summed E-state index contributed by atoms with van der Waals surface area (Å²) in [5.41, 5.74) is 5.80. The standard InChI is InChI=1S/C13H24N2O3/c14-11-3-2-10(8-11)13(16)15-5-1-6-18-12-4-7-17-9-12/h10-12H,1-9,14H2,(H,15,16). The van der Waals surface area contributed by atoms with Crippen molar-refractivity contribution in [3.05, 3.63) is 0 Å². The van der Waals surface area contributed by atoms with Gasteiger partial charge in [0.05, 0.1) is 12.7 Å². The van der Waals surface area contributed by atoms with Gasteiger partial charge in [0.2, 0.25) is 5.91 Å². The Balaban J connectivity index is 1.48. The van der Waals surface area contributed by atoms with E-state index in [0.29, 0.717) is 19.8 Å². The lowest BCUT2D eigenvalue weighted by Crippen LogP contribution is -2.31. The van der Waals surface area contributed by atoms with Crippen LogP contribution in [0.3, 0.4) is 0 Å². The molecule has 1 saturated heterocycles. The summed E-state index contributed by atoms with van der Waals surface area (Å²) in [5, 5.41) is 2.96. The number of ether oxygens (including phenoxy) is 2. The smallest absolute Gasteiger partial charge is 0.223 e. The number of hydrogen-bond acceptors (Lipinski definition) is 4. The minimum absolute atomic E-state index is 0.129. The molecule has 2 fully saturated rings. The SMILES string of the molecule is NC1CCC(C(=O)NCCCOC2CCOC2)C1. The lowest BCUT2D eigenvalue weighted by atomic mass is 10.1. The Morgan fingerprint density at radius 3 is 2.94 bits per heavy atom. The van der Waals surface area contributed by atoms with Crippen LogP contribution in [-0.4, -0.2) is 44.4 Å². The molecule has 0 aromatic rings. The molecule has 1 saturated carbocycles. The number of carbonyl (C=O) groups is 1. The summed E-state index contributed by atoms with van der Waals surface area (Å²) in [6.45, 7) is 2.91. The average molecular weight is 256 g/mol. The molecule has 104 valence electrons. The van der Waals surface area contributed by atoms with Gasteiger partial charge in [-0.05, 0) is 32.1 Å². The van der Waals surface area contributed by atoms with E-state index in [4.69, 9.17) is 15.2 Å². The number of rotatable bonds is 6. The highest BCUT2D eigenvalue weighted by Crippen LogP contribution is 2.23. The molecule has 0 aromatic carbocycles. The Hall–Kier alpha value is -0.650. The third kappa shape index (κ3) is 4.23. The molecule has 0 radical (unpaired) electrons. The predicted octanol–water partition coefficient (Wildman–Crippen LogP) is 0.426. The number of carbonyl (C=O) groups excluding carboxylic acids is 1. The van der Waals surface area contributed by atoms with Crippen LogP contribution in [0.2, 0.25) is 0 Å². The molecule has 2 aliphatic rings. The molecule has 0 bridgehead atoms. The number of nitrogens with two attached hydrogens (primary N) is 1. The van der Waals surface area contributed by atoms with Crippen molar-refractivity contribution in [3.63, 3.8) is 0 Å². The van der Waals surface area contributed by atoms with Crippen molar-refractivity contribution >= 4 is 5.91 Å². The van der Waals surface area contributed by atoms with Crippen LogP contribution in [0.1, 0.15) is 32.1 Å². The van der Waals surface area contributed by atoms with E-state index in [1.165, 1.54) is 0 Å². The first-order valence-corrected chi connectivity index (χ1v) is 6.98. The Kier molecular flexibility index (Phi) is 5.41. The van der Waals surface area contributed by atoms with E-state index >= 15 is 0 Å². The van der Waals surface area contributed by atoms with Gasteiger partial charge in [-0.15, -0.1) is 0 Å². The molecular weight excluding hydrogens is 232 g/mol. The molecule has 18 heavy (non-hydrogen) atoms. The van der Waals surface area contributed by atoms with Crippen LogP contribution in [0.5, 0.6) is 0 Å². The maximum atomic E-state index is 11.8. The van der Waals surface area contributed by atoms with Gasteiger partial charge in [-0.1, -0.05) is 0 Å².